The minimum atomic E-state index is -1.97. The summed E-state index contributed by atoms with van der Waals surface area (Å²) in [7, 11) is 0. The Balaban J connectivity index is 5.84. The highest BCUT2D eigenvalue weighted by atomic mass is 16.4. The summed E-state index contributed by atoms with van der Waals surface area (Å²) in [4.78, 5) is 54.4. The van der Waals surface area contributed by atoms with Gasteiger partial charge in [0.2, 0.25) is 11.8 Å². The second kappa shape index (κ2) is 14.4. The van der Waals surface area contributed by atoms with Gasteiger partial charge in [-0.15, -0.1) is 0 Å². The molecule has 0 aromatic rings. The lowest BCUT2D eigenvalue weighted by atomic mass is 9.95. The summed E-state index contributed by atoms with van der Waals surface area (Å²) in [6.45, 7) is 3.67. The van der Waals surface area contributed by atoms with Crippen molar-refractivity contribution in [1.82, 2.24) is 10.2 Å². The van der Waals surface area contributed by atoms with E-state index in [9.17, 15) is 34.5 Å². The molecular weight excluding hydrogens is 438 g/mol. The molecule has 0 radical (unpaired) electrons. The number of guanidine groups is 1. The predicted molar refractivity (Wildman–Crippen MR) is 119 cm³/mol. The van der Waals surface area contributed by atoms with Crippen LogP contribution in [0.2, 0.25) is 0 Å². The lowest BCUT2D eigenvalue weighted by Crippen LogP contribution is -2.63. The van der Waals surface area contributed by atoms with Crippen molar-refractivity contribution in [3.8, 4) is 0 Å². The third-order valence-electron chi connectivity index (χ3n) is 5.13. The maximum absolute atomic E-state index is 13.3. The zero-order valence-corrected chi connectivity index (χ0v) is 19.2. The van der Waals surface area contributed by atoms with E-state index in [0.717, 1.165) is 0 Å². The van der Waals surface area contributed by atoms with Crippen molar-refractivity contribution in [2.45, 2.75) is 70.3 Å². The molecule has 14 nitrogen and oxygen atoms in total. The van der Waals surface area contributed by atoms with E-state index in [1.165, 1.54) is 6.92 Å². The SMILES string of the molecule is CC[C@H](C)[C@H](NC(=O)[C@H](N)CCCN=C(N)N)C(=O)N(C(=O)[C@@H](N)[C@@H](C)O)[C@@H](CO)C(=O)O. The largest absolute Gasteiger partial charge is 0.480 e. The molecule has 0 aliphatic carbocycles. The number of aliphatic imine (C=N–C) groups is 1. The first-order valence-electron chi connectivity index (χ1n) is 10.6. The monoisotopic (exact) mass is 475 g/mol. The summed E-state index contributed by atoms with van der Waals surface area (Å²) < 4.78 is 0. The van der Waals surface area contributed by atoms with Gasteiger partial charge < -0.3 is 43.6 Å². The van der Waals surface area contributed by atoms with E-state index in [1.807, 2.05) is 0 Å². The first-order valence-corrected chi connectivity index (χ1v) is 10.6. The number of nitrogens with two attached hydrogens (primary N) is 4. The molecule has 0 aromatic carbocycles. The highest BCUT2D eigenvalue weighted by molar-refractivity contribution is 6.04. The van der Waals surface area contributed by atoms with Gasteiger partial charge >= 0.3 is 5.97 Å². The summed E-state index contributed by atoms with van der Waals surface area (Å²) in [6.07, 6.45) is -0.462. The number of nitrogens with zero attached hydrogens (tertiary/aromatic N) is 2. The Morgan fingerprint density at radius 1 is 1.09 bits per heavy atom. The fourth-order valence-corrected chi connectivity index (χ4v) is 2.80. The number of aliphatic hydroxyl groups excluding tert-OH is 2. The average Bonchev–Trinajstić information content (AvgIpc) is 2.75. The molecule has 0 saturated carbocycles. The van der Waals surface area contributed by atoms with Crippen LogP contribution >= 0.6 is 0 Å². The highest BCUT2D eigenvalue weighted by Crippen LogP contribution is 2.16. The number of nitrogens with one attached hydrogen (secondary N) is 1. The summed E-state index contributed by atoms with van der Waals surface area (Å²) in [6, 6.07) is -5.97. The first-order chi connectivity index (χ1) is 15.3. The Bertz CT molecular complexity index is 713. The standard InChI is InChI=1S/C19H37N7O7/c1-4-9(2)14(25-15(29)11(20)6-5-7-24-19(22)23)17(31)26(12(8-27)18(32)33)16(30)13(21)10(3)28/h9-14,27-28H,4-8,20-21H2,1-3H3,(H,25,29)(H,32,33)(H4,22,23,24)/t9-,10+,11+,12-,13-,14-/m0/s1. The summed E-state index contributed by atoms with van der Waals surface area (Å²) in [5.74, 6) is -5.31. The molecule has 12 N–H and O–H groups in total. The van der Waals surface area contributed by atoms with Gasteiger partial charge in [0.15, 0.2) is 12.0 Å². The average molecular weight is 476 g/mol. The van der Waals surface area contributed by atoms with E-state index >= 15 is 0 Å². The fraction of sp³-hybridized carbons (Fsp3) is 0.737. The number of carboxylic acids is 1. The van der Waals surface area contributed by atoms with Crippen molar-refractivity contribution in [3.63, 3.8) is 0 Å². The number of hydrogen-bond donors (Lipinski definition) is 8. The molecule has 14 heteroatoms. The van der Waals surface area contributed by atoms with Crippen LogP contribution in [0.4, 0.5) is 0 Å². The van der Waals surface area contributed by atoms with Crippen LogP contribution in [0.1, 0.15) is 40.0 Å². The molecule has 0 aliphatic heterocycles. The van der Waals surface area contributed by atoms with Gasteiger partial charge in [0.05, 0.1) is 18.8 Å². The van der Waals surface area contributed by atoms with Gasteiger partial charge in [-0.1, -0.05) is 20.3 Å². The van der Waals surface area contributed by atoms with Gasteiger partial charge in [-0.2, -0.15) is 0 Å². The topological polar surface area (TPSA) is 261 Å². The molecule has 0 aromatic heterocycles. The van der Waals surface area contributed by atoms with Crippen molar-refractivity contribution < 1.29 is 34.5 Å². The first kappa shape index (κ1) is 30.2. The lowest BCUT2D eigenvalue weighted by Gasteiger charge is -2.34. The third kappa shape index (κ3) is 9.29. The number of carbonyl (C=O) groups excluding carboxylic acids is 3. The number of rotatable bonds is 14. The second-order valence-corrected chi connectivity index (χ2v) is 7.78. The number of aliphatic hydroxyl groups is 2. The third-order valence-corrected chi connectivity index (χ3v) is 5.13. The van der Waals surface area contributed by atoms with Gasteiger partial charge in [0.1, 0.15) is 12.1 Å². The maximum atomic E-state index is 13.3. The van der Waals surface area contributed by atoms with Crippen molar-refractivity contribution in [1.29, 1.82) is 0 Å². The molecule has 0 spiro atoms. The normalized spacial score (nSPS) is 16.5. The minimum Gasteiger partial charge on any atom is -0.480 e. The maximum Gasteiger partial charge on any atom is 0.329 e. The Morgan fingerprint density at radius 3 is 2.09 bits per heavy atom. The molecular formula is C19H37N7O7. The van der Waals surface area contributed by atoms with Crippen molar-refractivity contribution >= 4 is 29.7 Å². The van der Waals surface area contributed by atoms with Gasteiger partial charge in [-0.25, -0.2) is 4.79 Å². The van der Waals surface area contributed by atoms with Crippen LogP contribution in [0.3, 0.4) is 0 Å². The number of hydrogen-bond acceptors (Lipinski definition) is 9. The van der Waals surface area contributed by atoms with Crippen molar-refractivity contribution in [3.05, 3.63) is 0 Å². The van der Waals surface area contributed by atoms with Gasteiger partial charge in [-0.3, -0.25) is 24.3 Å². The zero-order chi connectivity index (χ0) is 25.9. The smallest absolute Gasteiger partial charge is 0.329 e. The van der Waals surface area contributed by atoms with Gasteiger partial charge in [-0.05, 0) is 25.7 Å². The Labute approximate surface area is 192 Å². The van der Waals surface area contributed by atoms with Crippen LogP contribution < -0.4 is 28.3 Å². The summed E-state index contributed by atoms with van der Waals surface area (Å²) >= 11 is 0. The number of amides is 3. The minimum absolute atomic E-state index is 0.104. The van der Waals surface area contributed by atoms with Crippen LogP contribution in [-0.2, 0) is 19.2 Å². The van der Waals surface area contributed by atoms with E-state index in [1.54, 1.807) is 13.8 Å². The fourth-order valence-electron chi connectivity index (χ4n) is 2.80. The van der Waals surface area contributed by atoms with Gasteiger partial charge in [0, 0.05) is 6.54 Å². The van der Waals surface area contributed by atoms with Crippen LogP contribution in [-0.4, -0.2) is 93.3 Å². The lowest BCUT2D eigenvalue weighted by molar-refractivity contribution is -0.163. The zero-order valence-electron chi connectivity index (χ0n) is 19.2. The molecule has 0 heterocycles. The molecule has 190 valence electrons. The molecule has 0 aliphatic rings. The highest BCUT2D eigenvalue weighted by Gasteiger charge is 2.42. The van der Waals surface area contributed by atoms with Crippen LogP contribution in [0, 0.1) is 5.92 Å². The molecule has 6 atom stereocenters. The van der Waals surface area contributed by atoms with E-state index in [0.29, 0.717) is 12.8 Å². The van der Waals surface area contributed by atoms with Crippen molar-refractivity contribution in [2.75, 3.05) is 13.2 Å². The Morgan fingerprint density at radius 2 is 1.67 bits per heavy atom. The number of aliphatic carboxylic acids is 1. The molecule has 0 fully saturated rings. The Kier molecular flexibility index (Phi) is 13.1. The predicted octanol–water partition coefficient (Wildman–Crippen LogP) is -3.59. The van der Waals surface area contributed by atoms with E-state index in [2.05, 4.69) is 10.3 Å². The molecule has 0 rings (SSSR count). The van der Waals surface area contributed by atoms with E-state index in [-0.39, 0.29) is 23.8 Å². The van der Waals surface area contributed by atoms with Crippen molar-refractivity contribution in [2.24, 2.45) is 33.8 Å². The van der Waals surface area contributed by atoms with Crippen LogP contribution in [0.15, 0.2) is 4.99 Å². The molecule has 0 unspecified atom stereocenters. The summed E-state index contributed by atoms with van der Waals surface area (Å²) in [5.41, 5.74) is 22.0. The number of carboxylic acid groups (broad SMARTS) is 1. The van der Waals surface area contributed by atoms with E-state index < -0.39 is 66.5 Å². The Hall–Kier alpha value is -2.81. The van der Waals surface area contributed by atoms with Crippen LogP contribution in [0.5, 0.6) is 0 Å². The molecule has 0 bridgehead atoms. The number of carbonyl (C=O) groups is 4. The quantitative estimate of drug-likeness (QED) is 0.0691. The second-order valence-electron chi connectivity index (χ2n) is 7.78. The molecule has 0 saturated heterocycles. The van der Waals surface area contributed by atoms with Crippen LogP contribution in [0.25, 0.3) is 0 Å². The molecule has 3 amide bonds. The molecule has 33 heavy (non-hydrogen) atoms. The number of imide groups is 1. The van der Waals surface area contributed by atoms with E-state index in [4.69, 9.17) is 22.9 Å². The van der Waals surface area contributed by atoms with Gasteiger partial charge in [0.25, 0.3) is 5.91 Å². The summed E-state index contributed by atoms with van der Waals surface area (Å²) in [5, 5.41) is 31.1.